The number of ether oxygens (including phenoxy) is 1. The van der Waals surface area contributed by atoms with Gasteiger partial charge in [0.25, 0.3) is 5.91 Å². The average molecular weight is 571 g/mol. The minimum absolute atomic E-state index is 0.116. The molecule has 3 aromatic rings. The number of carbonyl (C=O) groups is 1. The van der Waals surface area contributed by atoms with Gasteiger partial charge in [-0.3, -0.25) is 4.79 Å². The maximum Gasteiger partial charge on any atom is 0.251 e. The molecule has 0 saturated carbocycles. The van der Waals surface area contributed by atoms with Crippen molar-refractivity contribution in [3.63, 3.8) is 0 Å². The highest BCUT2D eigenvalue weighted by atomic mass is 35.5. The lowest BCUT2D eigenvalue weighted by atomic mass is 9.94. The molecule has 0 aliphatic heterocycles. The third-order valence-electron chi connectivity index (χ3n) is 6.78. The van der Waals surface area contributed by atoms with E-state index < -0.39 is 0 Å². The number of unbranched alkanes of at least 4 members (excludes halogenated alkanes) is 9. The molecule has 0 fully saturated rings. The SMILES string of the molecule is CCCCCCCCCCCCNC(=O)c1cc(-c2cccc(Cl)c2)c(OCCO)c(-c2cccc(Cl)c2)c1. The molecule has 0 heterocycles. The summed E-state index contributed by atoms with van der Waals surface area (Å²) in [6.07, 6.45) is 12.5. The van der Waals surface area contributed by atoms with Gasteiger partial charge in [-0.05, 0) is 53.9 Å². The van der Waals surface area contributed by atoms with Crippen molar-refractivity contribution in [2.24, 2.45) is 0 Å². The third kappa shape index (κ3) is 10.2. The highest BCUT2D eigenvalue weighted by Gasteiger charge is 2.19. The van der Waals surface area contributed by atoms with Crippen LogP contribution in [0.4, 0.5) is 0 Å². The van der Waals surface area contributed by atoms with Gasteiger partial charge < -0.3 is 15.2 Å². The van der Waals surface area contributed by atoms with Gasteiger partial charge in [-0.2, -0.15) is 0 Å². The van der Waals surface area contributed by atoms with E-state index in [4.69, 9.17) is 27.9 Å². The smallest absolute Gasteiger partial charge is 0.251 e. The van der Waals surface area contributed by atoms with Crippen LogP contribution >= 0.6 is 23.2 Å². The lowest BCUT2D eigenvalue weighted by Crippen LogP contribution is -2.24. The predicted octanol–water partition coefficient (Wildman–Crippen LogP) is 9.35. The van der Waals surface area contributed by atoms with Gasteiger partial charge in [0.2, 0.25) is 0 Å². The van der Waals surface area contributed by atoms with Gasteiger partial charge in [-0.1, -0.05) is 112 Å². The van der Waals surface area contributed by atoms with Crippen LogP contribution in [0.15, 0.2) is 60.7 Å². The van der Waals surface area contributed by atoms with Gasteiger partial charge in [0, 0.05) is 33.3 Å². The molecule has 210 valence electrons. The summed E-state index contributed by atoms with van der Waals surface area (Å²) in [5.41, 5.74) is 3.63. The molecule has 0 saturated heterocycles. The zero-order valence-corrected chi connectivity index (χ0v) is 24.5. The van der Waals surface area contributed by atoms with Gasteiger partial charge in [-0.25, -0.2) is 0 Å². The fraction of sp³-hybridized carbons (Fsp3) is 0.424. The summed E-state index contributed by atoms with van der Waals surface area (Å²) >= 11 is 12.6. The summed E-state index contributed by atoms with van der Waals surface area (Å²) in [5.74, 6) is 0.436. The summed E-state index contributed by atoms with van der Waals surface area (Å²) in [6.45, 7) is 2.87. The number of aliphatic hydroxyl groups is 1. The Morgan fingerprint density at radius 2 is 1.28 bits per heavy atom. The fourth-order valence-corrected chi connectivity index (χ4v) is 5.10. The Morgan fingerprint density at radius 1 is 0.769 bits per heavy atom. The summed E-state index contributed by atoms with van der Waals surface area (Å²) in [4.78, 5) is 13.3. The Bertz CT molecular complexity index is 1110. The van der Waals surface area contributed by atoms with E-state index in [0.717, 1.165) is 35.1 Å². The summed E-state index contributed by atoms with van der Waals surface area (Å²) < 4.78 is 6.05. The molecule has 2 N–H and O–H groups in total. The van der Waals surface area contributed by atoms with Crippen molar-refractivity contribution in [1.29, 1.82) is 0 Å². The van der Waals surface area contributed by atoms with E-state index in [1.54, 1.807) is 12.1 Å². The van der Waals surface area contributed by atoms with E-state index in [-0.39, 0.29) is 19.1 Å². The molecule has 0 atom stereocenters. The Kier molecular flexibility index (Phi) is 13.7. The van der Waals surface area contributed by atoms with E-state index in [2.05, 4.69) is 12.2 Å². The number of carbonyl (C=O) groups excluding carboxylic acids is 1. The second-order valence-electron chi connectivity index (χ2n) is 9.93. The largest absolute Gasteiger partial charge is 0.490 e. The van der Waals surface area contributed by atoms with Crippen LogP contribution in [0.1, 0.15) is 81.5 Å². The minimum atomic E-state index is -0.134. The first-order valence-corrected chi connectivity index (χ1v) is 15.0. The van der Waals surface area contributed by atoms with Gasteiger partial charge >= 0.3 is 0 Å². The second-order valence-corrected chi connectivity index (χ2v) is 10.8. The quantitative estimate of drug-likeness (QED) is 0.159. The van der Waals surface area contributed by atoms with Crippen molar-refractivity contribution in [1.82, 2.24) is 5.32 Å². The maximum atomic E-state index is 13.3. The van der Waals surface area contributed by atoms with Crippen LogP contribution in [0.25, 0.3) is 22.3 Å². The molecular formula is C33H41Cl2NO3. The number of aliphatic hydroxyl groups excluding tert-OH is 1. The number of rotatable bonds is 17. The number of amides is 1. The molecule has 39 heavy (non-hydrogen) atoms. The first-order valence-electron chi connectivity index (χ1n) is 14.2. The molecule has 3 rings (SSSR count). The van der Waals surface area contributed by atoms with E-state index >= 15 is 0 Å². The molecule has 1 amide bonds. The first kappa shape index (κ1) is 31.0. The molecule has 0 radical (unpaired) electrons. The van der Waals surface area contributed by atoms with E-state index in [9.17, 15) is 9.90 Å². The van der Waals surface area contributed by atoms with E-state index in [0.29, 0.717) is 27.9 Å². The number of halogens is 2. The lowest BCUT2D eigenvalue weighted by molar-refractivity contribution is 0.0953. The van der Waals surface area contributed by atoms with Crippen LogP contribution < -0.4 is 10.1 Å². The molecule has 4 nitrogen and oxygen atoms in total. The Morgan fingerprint density at radius 3 is 1.77 bits per heavy atom. The van der Waals surface area contributed by atoms with Crippen molar-refractivity contribution >= 4 is 29.1 Å². The zero-order valence-electron chi connectivity index (χ0n) is 23.0. The lowest BCUT2D eigenvalue weighted by Gasteiger charge is -2.19. The number of benzene rings is 3. The average Bonchev–Trinajstić information content (AvgIpc) is 2.94. The molecule has 0 bridgehead atoms. The number of nitrogens with one attached hydrogen (secondary N) is 1. The highest BCUT2D eigenvalue weighted by Crippen LogP contribution is 2.41. The molecule has 0 aromatic heterocycles. The topological polar surface area (TPSA) is 58.6 Å². The van der Waals surface area contributed by atoms with E-state index in [1.807, 2.05) is 48.5 Å². The van der Waals surface area contributed by atoms with Crippen LogP contribution in [-0.2, 0) is 0 Å². The van der Waals surface area contributed by atoms with Gasteiger partial charge in [-0.15, -0.1) is 0 Å². The normalized spacial score (nSPS) is 11.0. The van der Waals surface area contributed by atoms with Crippen LogP contribution in [0.5, 0.6) is 5.75 Å². The molecule has 0 aliphatic carbocycles. The number of hydrogen-bond donors (Lipinski definition) is 2. The Balaban J connectivity index is 1.74. The molecule has 0 aliphatic rings. The Labute approximate surface area is 243 Å². The zero-order chi connectivity index (χ0) is 27.9. The van der Waals surface area contributed by atoms with Crippen LogP contribution in [0.2, 0.25) is 10.0 Å². The molecule has 3 aromatic carbocycles. The van der Waals surface area contributed by atoms with Crippen LogP contribution in [0, 0.1) is 0 Å². The van der Waals surface area contributed by atoms with E-state index in [1.165, 1.54) is 51.4 Å². The fourth-order valence-electron chi connectivity index (χ4n) is 4.72. The first-order chi connectivity index (χ1) is 19.0. The standard InChI is InChI=1S/C33H41Cl2NO3/c1-2-3-4-5-6-7-8-9-10-11-18-36-33(38)27-23-30(25-14-12-16-28(34)21-25)32(39-20-19-37)31(24-27)26-15-13-17-29(35)22-26/h12-17,21-24,37H,2-11,18-20H2,1H3,(H,36,38). The van der Waals surface area contributed by atoms with Crippen molar-refractivity contribution in [2.75, 3.05) is 19.8 Å². The minimum Gasteiger partial charge on any atom is -0.490 e. The molecule has 0 spiro atoms. The van der Waals surface area contributed by atoms with Crippen molar-refractivity contribution in [3.8, 4) is 28.0 Å². The van der Waals surface area contributed by atoms with Gasteiger partial charge in [0.15, 0.2) is 0 Å². The summed E-state index contributed by atoms with van der Waals surface area (Å²) in [7, 11) is 0. The number of hydrogen-bond acceptors (Lipinski definition) is 3. The van der Waals surface area contributed by atoms with Gasteiger partial charge in [0.05, 0.1) is 6.61 Å². The van der Waals surface area contributed by atoms with Gasteiger partial charge in [0.1, 0.15) is 12.4 Å². The molecule has 6 heteroatoms. The predicted molar refractivity (Wildman–Crippen MR) is 164 cm³/mol. The van der Waals surface area contributed by atoms with Crippen molar-refractivity contribution in [3.05, 3.63) is 76.3 Å². The monoisotopic (exact) mass is 569 g/mol. The van der Waals surface area contributed by atoms with Crippen molar-refractivity contribution in [2.45, 2.75) is 71.1 Å². The maximum absolute atomic E-state index is 13.3. The van der Waals surface area contributed by atoms with Crippen LogP contribution in [-0.4, -0.2) is 30.8 Å². The third-order valence-corrected chi connectivity index (χ3v) is 7.25. The van der Waals surface area contributed by atoms with Crippen molar-refractivity contribution < 1.29 is 14.6 Å². The summed E-state index contributed by atoms with van der Waals surface area (Å²) in [6, 6.07) is 18.6. The summed E-state index contributed by atoms with van der Waals surface area (Å²) in [5, 5.41) is 13.7. The highest BCUT2D eigenvalue weighted by molar-refractivity contribution is 6.31. The van der Waals surface area contributed by atoms with Crippen LogP contribution in [0.3, 0.4) is 0 Å². The molecule has 0 unspecified atom stereocenters. The Hall–Kier alpha value is -2.53. The second kappa shape index (κ2) is 17.2. The molecular weight excluding hydrogens is 529 g/mol.